The molecule has 2 unspecified atom stereocenters. The van der Waals surface area contributed by atoms with E-state index in [1.54, 1.807) is 26.0 Å². The van der Waals surface area contributed by atoms with Crippen LogP contribution in [0.2, 0.25) is 0 Å². The van der Waals surface area contributed by atoms with Gasteiger partial charge in [0.25, 0.3) is 11.8 Å². The second-order valence-electron chi connectivity index (χ2n) is 19.6. The Labute approximate surface area is 395 Å². The molecule has 0 aromatic heterocycles. The van der Waals surface area contributed by atoms with Gasteiger partial charge in [-0.1, -0.05) is 77.4 Å². The van der Waals surface area contributed by atoms with Gasteiger partial charge < -0.3 is 63.5 Å². The number of hydrogen-bond donors (Lipinski definition) is 10. The maximum Gasteiger partial charge on any atom is 0.497 e. The second-order valence-corrected chi connectivity index (χ2v) is 19.6. The highest BCUT2D eigenvalue weighted by Crippen LogP contribution is 2.65. The highest BCUT2D eigenvalue weighted by Gasteiger charge is 2.68. The molecule has 67 heavy (non-hydrogen) atoms. The SMILES string of the molecule is CCCCc1ccc(-c2ccc(C(=O)NCCC(=O)N[C@@H](CCCCN)C(=O)N[C@H](C(=O)N[C@@H](N)C(=O)N[C@H](C(=O)N[C@@H](N)B3OC4C[C@@H]5C[C@@H](C5(C)C)[C@]4(C)O3)C(C)C)C(C)O)cc2)cc1. The Morgan fingerprint density at radius 3 is 2.01 bits per heavy atom. The standard InChI is InChI=1S/C48H74BN9O9/c1-8-9-12-29-14-16-30(17-15-29)31-18-20-32(21-19-31)41(61)53-24-22-37(60)54-34(13-10-11-23-50)42(62)56-39(28(4)59)44(64)57-40(51)45(65)55-38(27(2)3)43(63)58-46(52)49-66-36-26-33-25-35(47(33,5)6)48(36,7)67-49/h14-21,27-28,33-36,38-40,46,59H,8-13,22-26,50-52H2,1-7H3,(H,53,61)(H,54,60)(H,55,65)(H,56,62)(H,57,64)(H,58,63)/t28?,33-,34-,35-,36?,38-,39-,40+,46+,48-/m0/s1. The van der Waals surface area contributed by atoms with E-state index in [4.69, 9.17) is 26.5 Å². The van der Waals surface area contributed by atoms with E-state index in [2.05, 4.69) is 76.9 Å². The lowest BCUT2D eigenvalue weighted by Crippen LogP contribution is -2.65. The quantitative estimate of drug-likeness (QED) is 0.0408. The molecular weight excluding hydrogens is 857 g/mol. The van der Waals surface area contributed by atoms with E-state index in [0.29, 0.717) is 36.8 Å². The molecule has 2 bridgehead atoms. The number of aliphatic hydroxyl groups excluding tert-OH is 1. The molecule has 3 aliphatic carbocycles. The van der Waals surface area contributed by atoms with E-state index in [0.717, 1.165) is 43.2 Å². The van der Waals surface area contributed by atoms with Gasteiger partial charge in [-0.3, -0.25) is 28.8 Å². The van der Waals surface area contributed by atoms with Crippen LogP contribution in [0.3, 0.4) is 0 Å². The summed E-state index contributed by atoms with van der Waals surface area (Å²) < 4.78 is 12.6. The van der Waals surface area contributed by atoms with Crippen LogP contribution in [0.1, 0.15) is 116 Å². The molecule has 4 fully saturated rings. The molecule has 18 nitrogen and oxygen atoms in total. The number of nitrogens with one attached hydrogen (secondary N) is 6. The highest BCUT2D eigenvalue weighted by molar-refractivity contribution is 6.47. The average molecular weight is 932 g/mol. The molecule has 1 heterocycles. The Morgan fingerprint density at radius 2 is 1.42 bits per heavy atom. The zero-order valence-corrected chi connectivity index (χ0v) is 40.2. The predicted octanol–water partition coefficient (Wildman–Crippen LogP) is 1.51. The predicted molar refractivity (Wildman–Crippen MR) is 255 cm³/mol. The van der Waals surface area contributed by atoms with Crippen LogP contribution in [-0.4, -0.2) is 109 Å². The number of carbonyl (C=O) groups excluding carboxylic acids is 6. The van der Waals surface area contributed by atoms with E-state index in [1.807, 2.05) is 19.1 Å². The first-order chi connectivity index (χ1) is 31.7. The van der Waals surface area contributed by atoms with Gasteiger partial charge in [0, 0.05) is 18.5 Å². The summed E-state index contributed by atoms with van der Waals surface area (Å²) in [5.41, 5.74) is 21.4. The van der Waals surface area contributed by atoms with Crippen molar-refractivity contribution in [3.8, 4) is 11.1 Å². The van der Waals surface area contributed by atoms with Crippen LogP contribution in [0, 0.1) is 23.2 Å². The summed E-state index contributed by atoms with van der Waals surface area (Å²) in [4.78, 5) is 79.8. The summed E-state index contributed by atoms with van der Waals surface area (Å²) in [5.74, 6) is -3.83. The van der Waals surface area contributed by atoms with E-state index < -0.39 is 84.6 Å². The lowest BCUT2D eigenvalue weighted by Gasteiger charge is -2.64. The molecule has 0 radical (unpaired) electrons. The minimum Gasteiger partial charge on any atom is -0.403 e. The Hall–Kier alpha value is -4.92. The molecule has 19 heteroatoms. The summed E-state index contributed by atoms with van der Waals surface area (Å²) in [6.45, 7) is 13.7. The maximum absolute atomic E-state index is 13.6. The zero-order chi connectivity index (χ0) is 49.2. The fourth-order valence-corrected chi connectivity index (χ4v) is 9.60. The zero-order valence-electron chi connectivity index (χ0n) is 40.2. The van der Waals surface area contributed by atoms with Gasteiger partial charge >= 0.3 is 7.12 Å². The molecule has 0 spiro atoms. The van der Waals surface area contributed by atoms with Crippen molar-refractivity contribution in [3.05, 3.63) is 59.7 Å². The smallest absolute Gasteiger partial charge is 0.403 e. The van der Waals surface area contributed by atoms with Crippen molar-refractivity contribution in [2.24, 2.45) is 40.4 Å². The van der Waals surface area contributed by atoms with E-state index in [9.17, 15) is 33.9 Å². The number of unbranched alkanes of at least 4 members (excludes halogenated alkanes) is 2. The molecule has 6 rings (SSSR count). The first kappa shape index (κ1) is 53.0. The molecular formula is C48H74BN9O9. The number of rotatable bonds is 24. The molecule has 1 aliphatic heterocycles. The van der Waals surface area contributed by atoms with Gasteiger partial charge in [0.1, 0.15) is 24.2 Å². The molecule has 3 saturated carbocycles. The van der Waals surface area contributed by atoms with Crippen molar-refractivity contribution in [2.75, 3.05) is 13.1 Å². The van der Waals surface area contributed by atoms with Gasteiger partial charge in [0.15, 0.2) is 6.17 Å². The van der Waals surface area contributed by atoms with Crippen LogP contribution in [0.4, 0.5) is 0 Å². The number of aryl methyl sites for hydroxylation is 1. The summed E-state index contributed by atoms with van der Waals surface area (Å²) >= 11 is 0. The fourth-order valence-electron chi connectivity index (χ4n) is 9.60. The number of carbonyl (C=O) groups is 6. The molecule has 1 saturated heterocycles. The van der Waals surface area contributed by atoms with Gasteiger partial charge in [-0.2, -0.15) is 0 Å². The Balaban J connectivity index is 1.09. The monoisotopic (exact) mass is 932 g/mol. The van der Waals surface area contributed by atoms with Gasteiger partial charge in [-0.05, 0) is 117 Å². The Bertz CT molecular complexity index is 2040. The summed E-state index contributed by atoms with van der Waals surface area (Å²) in [6.07, 6.45) is 2.89. The third kappa shape index (κ3) is 13.2. The lowest BCUT2D eigenvalue weighted by molar-refractivity contribution is -0.199. The van der Waals surface area contributed by atoms with Crippen molar-refractivity contribution >= 4 is 42.6 Å². The van der Waals surface area contributed by atoms with Crippen LogP contribution < -0.4 is 49.1 Å². The van der Waals surface area contributed by atoms with Gasteiger partial charge in [-0.15, -0.1) is 0 Å². The first-order valence-corrected chi connectivity index (χ1v) is 23.9. The van der Waals surface area contributed by atoms with Crippen LogP contribution in [0.15, 0.2) is 48.5 Å². The first-order valence-electron chi connectivity index (χ1n) is 23.9. The number of amides is 6. The number of hydrogen-bond acceptors (Lipinski definition) is 12. The average Bonchev–Trinajstić information content (AvgIpc) is 3.66. The minimum atomic E-state index is -1.70. The van der Waals surface area contributed by atoms with Crippen LogP contribution >= 0.6 is 0 Å². The van der Waals surface area contributed by atoms with Crippen LogP contribution in [0.5, 0.6) is 0 Å². The second kappa shape index (κ2) is 23.4. The van der Waals surface area contributed by atoms with Crippen molar-refractivity contribution in [1.82, 2.24) is 31.9 Å². The van der Waals surface area contributed by atoms with Crippen molar-refractivity contribution in [2.45, 2.75) is 154 Å². The van der Waals surface area contributed by atoms with Gasteiger partial charge in [0.2, 0.25) is 23.6 Å². The number of benzene rings is 2. The van der Waals surface area contributed by atoms with Crippen molar-refractivity contribution < 1.29 is 43.2 Å². The molecule has 13 N–H and O–H groups in total. The van der Waals surface area contributed by atoms with E-state index in [1.165, 1.54) is 12.5 Å². The highest BCUT2D eigenvalue weighted by atomic mass is 16.7. The number of nitrogens with two attached hydrogens (primary N) is 3. The van der Waals surface area contributed by atoms with Crippen LogP contribution in [0.25, 0.3) is 11.1 Å². The van der Waals surface area contributed by atoms with Crippen molar-refractivity contribution in [3.63, 3.8) is 0 Å². The largest absolute Gasteiger partial charge is 0.497 e. The summed E-state index contributed by atoms with van der Waals surface area (Å²) in [6, 6.07) is 10.7. The summed E-state index contributed by atoms with van der Waals surface area (Å²) in [7, 11) is -0.896. The Kier molecular flexibility index (Phi) is 18.5. The van der Waals surface area contributed by atoms with Crippen LogP contribution in [-0.2, 0) is 39.7 Å². The molecule has 4 aliphatic rings. The van der Waals surface area contributed by atoms with Gasteiger partial charge in [0.05, 0.1) is 17.8 Å². The molecule has 10 atom stereocenters. The third-order valence-electron chi connectivity index (χ3n) is 14.0. The Morgan fingerprint density at radius 1 is 0.791 bits per heavy atom. The molecule has 6 amide bonds. The molecule has 368 valence electrons. The topological polar surface area (TPSA) is 291 Å². The normalized spacial score (nSPS) is 23.0. The maximum atomic E-state index is 13.6. The summed E-state index contributed by atoms with van der Waals surface area (Å²) in [5, 5.41) is 26.0. The number of aliphatic hydroxyl groups is 1. The molecule has 2 aromatic rings. The third-order valence-corrected chi connectivity index (χ3v) is 14.0. The molecule has 2 aromatic carbocycles. The van der Waals surface area contributed by atoms with Crippen molar-refractivity contribution in [1.29, 1.82) is 0 Å². The van der Waals surface area contributed by atoms with Gasteiger partial charge in [-0.25, -0.2) is 0 Å². The van der Waals surface area contributed by atoms with E-state index in [-0.39, 0.29) is 36.8 Å². The van der Waals surface area contributed by atoms with E-state index >= 15 is 0 Å². The lowest BCUT2D eigenvalue weighted by atomic mass is 9.43. The fraction of sp³-hybridized carbons (Fsp3) is 0.625. The minimum absolute atomic E-state index is 0.0177.